The molecule has 166 valence electrons. The molecule has 1 atom stereocenters. The lowest BCUT2D eigenvalue weighted by Gasteiger charge is -2.16. The fourth-order valence-electron chi connectivity index (χ4n) is 4.36. The maximum Gasteiger partial charge on any atom is 0.253 e. The van der Waals surface area contributed by atoms with Crippen molar-refractivity contribution in [1.82, 2.24) is 14.9 Å². The van der Waals surface area contributed by atoms with Gasteiger partial charge in [-0.05, 0) is 36.6 Å². The molecule has 1 aromatic heterocycles. The molecule has 0 bridgehead atoms. The van der Waals surface area contributed by atoms with Crippen LogP contribution in [0.15, 0.2) is 78.9 Å². The average Bonchev–Trinajstić information content (AvgIpc) is 3.32. The van der Waals surface area contributed by atoms with E-state index in [4.69, 9.17) is 4.98 Å². The van der Waals surface area contributed by atoms with E-state index in [2.05, 4.69) is 5.32 Å². The molecule has 1 aliphatic heterocycles. The van der Waals surface area contributed by atoms with Crippen molar-refractivity contribution < 1.29 is 9.59 Å². The number of fused-ring (bicyclic) bond motifs is 3. The number of para-hydroxylation sites is 2. The van der Waals surface area contributed by atoms with Gasteiger partial charge in [-0.1, -0.05) is 72.3 Å². The van der Waals surface area contributed by atoms with Crippen LogP contribution in [0.2, 0.25) is 0 Å². The van der Waals surface area contributed by atoms with Crippen LogP contribution in [0.25, 0.3) is 11.0 Å². The molecule has 33 heavy (non-hydrogen) atoms. The molecular weight excluding hydrogens is 412 g/mol. The summed E-state index contributed by atoms with van der Waals surface area (Å²) in [6.45, 7) is 3.00. The van der Waals surface area contributed by atoms with Crippen LogP contribution < -0.4 is 10.2 Å². The van der Waals surface area contributed by atoms with Crippen molar-refractivity contribution in [1.29, 1.82) is 0 Å². The topological polar surface area (TPSA) is 67.2 Å². The van der Waals surface area contributed by atoms with Gasteiger partial charge in [0.05, 0.1) is 24.0 Å². The van der Waals surface area contributed by atoms with E-state index in [1.807, 2.05) is 90.4 Å². The van der Waals surface area contributed by atoms with Crippen LogP contribution in [-0.4, -0.2) is 27.9 Å². The van der Waals surface area contributed by atoms with Gasteiger partial charge in [-0.25, -0.2) is 4.98 Å². The van der Waals surface area contributed by atoms with E-state index < -0.39 is 6.04 Å². The number of nitrogens with zero attached hydrogens (tertiary/aromatic N) is 3. The van der Waals surface area contributed by atoms with Crippen LogP contribution in [0.3, 0.4) is 0 Å². The van der Waals surface area contributed by atoms with Gasteiger partial charge in [0.15, 0.2) is 0 Å². The summed E-state index contributed by atoms with van der Waals surface area (Å²) in [5.41, 5.74) is 5.06. The minimum absolute atomic E-state index is 0.0887. The predicted octanol–water partition coefficient (Wildman–Crippen LogP) is 4.18. The fourth-order valence-corrected chi connectivity index (χ4v) is 4.36. The molecule has 0 radical (unpaired) electrons. The summed E-state index contributed by atoms with van der Waals surface area (Å²) in [6.07, 6.45) is 0.843. The Hall–Kier alpha value is -3.93. The van der Waals surface area contributed by atoms with Gasteiger partial charge in [0.1, 0.15) is 6.04 Å². The molecule has 0 fully saturated rings. The third-order valence-corrected chi connectivity index (χ3v) is 6.10. The van der Waals surface area contributed by atoms with Gasteiger partial charge in [-0.2, -0.15) is 0 Å². The summed E-state index contributed by atoms with van der Waals surface area (Å²) in [5, 5.41) is 2.98. The van der Waals surface area contributed by atoms with Crippen LogP contribution in [0, 0.1) is 6.92 Å². The van der Waals surface area contributed by atoms with Gasteiger partial charge in [0.2, 0.25) is 11.9 Å². The second kappa shape index (κ2) is 8.90. The number of hydrogen-bond donors (Lipinski definition) is 1. The molecule has 0 saturated carbocycles. The number of amides is 2. The number of anilines is 1. The van der Waals surface area contributed by atoms with E-state index in [0.717, 1.165) is 23.0 Å². The molecule has 3 aromatic carbocycles. The molecule has 1 aliphatic rings. The molecule has 6 nitrogen and oxygen atoms in total. The Bertz CT molecular complexity index is 1290. The highest BCUT2D eigenvalue weighted by Crippen LogP contribution is 2.37. The van der Waals surface area contributed by atoms with Crippen molar-refractivity contribution >= 4 is 28.8 Å². The maximum atomic E-state index is 13.5. The number of imidazole rings is 1. The lowest BCUT2D eigenvalue weighted by atomic mass is 10.1. The van der Waals surface area contributed by atoms with Crippen LogP contribution in [0.5, 0.6) is 0 Å². The SMILES string of the molecule is Cc1ccc(CN2C(=O)C(CC(=O)NCCc3ccccc3)n3c2nc2ccccc23)cc1. The Morgan fingerprint density at radius 2 is 1.67 bits per heavy atom. The predicted molar refractivity (Wildman–Crippen MR) is 129 cm³/mol. The highest BCUT2D eigenvalue weighted by Gasteiger charge is 2.40. The van der Waals surface area contributed by atoms with Gasteiger partial charge >= 0.3 is 0 Å². The van der Waals surface area contributed by atoms with Crippen LogP contribution in [0.4, 0.5) is 5.95 Å². The van der Waals surface area contributed by atoms with Crippen molar-refractivity contribution in [3.63, 3.8) is 0 Å². The summed E-state index contributed by atoms with van der Waals surface area (Å²) in [6, 6.07) is 25.3. The van der Waals surface area contributed by atoms with Crippen molar-refractivity contribution in [2.24, 2.45) is 0 Å². The molecule has 1 N–H and O–H groups in total. The van der Waals surface area contributed by atoms with Crippen LogP contribution in [0.1, 0.15) is 29.2 Å². The van der Waals surface area contributed by atoms with E-state index >= 15 is 0 Å². The molecule has 1 unspecified atom stereocenters. The smallest absolute Gasteiger partial charge is 0.253 e. The van der Waals surface area contributed by atoms with E-state index in [9.17, 15) is 9.59 Å². The van der Waals surface area contributed by atoms with Crippen molar-refractivity contribution in [2.75, 3.05) is 11.4 Å². The zero-order chi connectivity index (χ0) is 22.8. The Kier molecular flexibility index (Phi) is 5.65. The number of aromatic nitrogens is 2. The Morgan fingerprint density at radius 3 is 2.45 bits per heavy atom. The number of carbonyl (C=O) groups excluding carboxylic acids is 2. The zero-order valence-electron chi connectivity index (χ0n) is 18.6. The first-order valence-electron chi connectivity index (χ1n) is 11.2. The number of aryl methyl sites for hydroxylation is 1. The summed E-state index contributed by atoms with van der Waals surface area (Å²) in [5.74, 6) is 0.371. The van der Waals surface area contributed by atoms with Gasteiger partial charge in [-0.15, -0.1) is 0 Å². The monoisotopic (exact) mass is 438 g/mol. The molecule has 0 saturated heterocycles. The molecular formula is C27H26N4O2. The highest BCUT2D eigenvalue weighted by atomic mass is 16.2. The third kappa shape index (κ3) is 4.24. The minimum atomic E-state index is -0.602. The van der Waals surface area contributed by atoms with Gasteiger partial charge in [0, 0.05) is 6.54 Å². The second-order valence-corrected chi connectivity index (χ2v) is 8.49. The van der Waals surface area contributed by atoms with E-state index in [-0.39, 0.29) is 18.2 Å². The van der Waals surface area contributed by atoms with Gasteiger partial charge < -0.3 is 5.32 Å². The first-order valence-corrected chi connectivity index (χ1v) is 11.2. The Morgan fingerprint density at radius 1 is 0.939 bits per heavy atom. The summed E-state index contributed by atoms with van der Waals surface area (Å²) in [7, 11) is 0. The first kappa shape index (κ1) is 20.9. The second-order valence-electron chi connectivity index (χ2n) is 8.49. The number of carbonyl (C=O) groups is 2. The van der Waals surface area contributed by atoms with Crippen molar-refractivity contribution in [3.05, 3.63) is 95.6 Å². The molecule has 0 aliphatic carbocycles. The van der Waals surface area contributed by atoms with E-state index in [1.54, 1.807) is 4.90 Å². The normalized spacial score (nSPS) is 15.1. The lowest BCUT2D eigenvalue weighted by Crippen LogP contribution is -2.33. The molecule has 5 rings (SSSR count). The summed E-state index contributed by atoms with van der Waals surface area (Å²) >= 11 is 0. The number of rotatable bonds is 7. The minimum Gasteiger partial charge on any atom is -0.356 e. The first-order chi connectivity index (χ1) is 16.1. The van der Waals surface area contributed by atoms with Gasteiger partial charge in [-0.3, -0.25) is 19.1 Å². The molecule has 2 heterocycles. The van der Waals surface area contributed by atoms with E-state index in [1.165, 1.54) is 11.1 Å². The maximum absolute atomic E-state index is 13.5. The van der Waals surface area contributed by atoms with Crippen molar-refractivity contribution in [2.45, 2.75) is 32.4 Å². The van der Waals surface area contributed by atoms with E-state index in [0.29, 0.717) is 19.0 Å². The van der Waals surface area contributed by atoms with Crippen LogP contribution in [-0.2, 0) is 22.6 Å². The van der Waals surface area contributed by atoms with Crippen LogP contribution >= 0.6 is 0 Å². The summed E-state index contributed by atoms with van der Waals surface area (Å²) < 4.78 is 1.92. The number of benzene rings is 3. The quantitative estimate of drug-likeness (QED) is 0.471. The third-order valence-electron chi connectivity index (χ3n) is 6.10. The average molecular weight is 439 g/mol. The molecule has 0 spiro atoms. The Labute approximate surface area is 192 Å². The molecule has 2 amide bonds. The highest BCUT2D eigenvalue weighted by molar-refractivity contribution is 6.03. The fraction of sp³-hybridized carbons (Fsp3) is 0.222. The van der Waals surface area contributed by atoms with Gasteiger partial charge in [0.25, 0.3) is 5.91 Å². The number of hydrogen-bond acceptors (Lipinski definition) is 3. The van der Waals surface area contributed by atoms with Crippen molar-refractivity contribution in [3.8, 4) is 0 Å². The largest absolute Gasteiger partial charge is 0.356 e. The number of nitrogens with one attached hydrogen (secondary N) is 1. The molecule has 4 aromatic rings. The lowest BCUT2D eigenvalue weighted by molar-refractivity contribution is -0.127. The Balaban J connectivity index is 1.36. The zero-order valence-corrected chi connectivity index (χ0v) is 18.6. The molecule has 6 heteroatoms. The standard InChI is InChI=1S/C27H26N4O2/c1-19-11-13-21(14-12-19)18-30-26(33)24(31-23-10-6-5-9-22(23)29-27(30)31)17-25(32)28-16-15-20-7-3-2-4-8-20/h2-14,24H,15-18H2,1H3,(H,28,32). The summed E-state index contributed by atoms with van der Waals surface area (Å²) in [4.78, 5) is 32.7.